The van der Waals surface area contributed by atoms with Gasteiger partial charge in [0, 0.05) is 12.3 Å². The molecule has 0 saturated heterocycles. The van der Waals surface area contributed by atoms with Crippen LogP contribution in [0.4, 0.5) is 0 Å². The zero-order valence-electron chi connectivity index (χ0n) is 12.6. The maximum atomic E-state index is 5.90. The Labute approximate surface area is 121 Å². The van der Waals surface area contributed by atoms with Crippen LogP contribution in [0.15, 0.2) is 4.42 Å². The molecule has 1 aromatic rings. The average Bonchev–Trinajstić information content (AvgIpc) is 2.96. The summed E-state index contributed by atoms with van der Waals surface area (Å²) in [6, 6.07) is 0. The molecule has 20 heavy (non-hydrogen) atoms. The van der Waals surface area contributed by atoms with Crippen molar-refractivity contribution in [2.24, 2.45) is 11.8 Å². The minimum absolute atomic E-state index is 0.528. The Morgan fingerprint density at radius 2 is 1.95 bits per heavy atom. The third-order valence-electron chi connectivity index (χ3n) is 5.19. The molecule has 2 saturated carbocycles. The van der Waals surface area contributed by atoms with Gasteiger partial charge < -0.3 is 9.73 Å². The standard InChI is InChI=1S/C16H27N3O/c1-17-10-4-7-15-18-19-16(20-15)14-9-8-12-5-2-3-6-13(12)11-14/h12-14,17H,2-11H2,1H3. The van der Waals surface area contributed by atoms with Gasteiger partial charge >= 0.3 is 0 Å². The highest BCUT2D eigenvalue weighted by molar-refractivity contribution is 4.97. The summed E-state index contributed by atoms with van der Waals surface area (Å²) in [6.45, 7) is 1.00. The van der Waals surface area contributed by atoms with Gasteiger partial charge in [0.15, 0.2) is 0 Å². The molecule has 0 aromatic carbocycles. The first kappa shape index (κ1) is 14.1. The normalized spacial score (nSPS) is 30.1. The number of nitrogens with one attached hydrogen (secondary N) is 1. The summed E-state index contributed by atoms with van der Waals surface area (Å²) in [7, 11) is 1.97. The fourth-order valence-corrected chi connectivity index (χ4v) is 4.05. The predicted molar refractivity (Wildman–Crippen MR) is 78.6 cm³/mol. The van der Waals surface area contributed by atoms with Crippen molar-refractivity contribution in [3.63, 3.8) is 0 Å². The van der Waals surface area contributed by atoms with E-state index in [4.69, 9.17) is 4.42 Å². The molecule has 0 aliphatic heterocycles. The lowest BCUT2D eigenvalue weighted by atomic mass is 9.67. The van der Waals surface area contributed by atoms with Crippen LogP contribution < -0.4 is 5.32 Å². The van der Waals surface area contributed by atoms with Crippen LogP contribution in [0, 0.1) is 11.8 Å². The molecule has 4 nitrogen and oxygen atoms in total. The Bertz CT molecular complexity index is 418. The summed E-state index contributed by atoms with van der Waals surface area (Å²) in [5, 5.41) is 11.7. The van der Waals surface area contributed by atoms with E-state index in [2.05, 4.69) is 15.5 Å². The zero-order valence-corrected chi connectivity index (χ0v) is 12.6. The minimum atomic E-state index is 0.528. The van der Waals surface area contributed by atoms with E-state index in [0.29, 0.717) is 5.92 Å². The first-order valence-corrected chi connectivity index (χ1v) is 8.33. The highest BCUT2D eigenvalue weighted by atomic mass is 16.4. The van der Waals surface area contributed by atoms with Crippen molar-refractivity contribution in [3.05, 3.63) is 11.8 Å². The molecule has 1 heterocycles. The largest absolute Gasteiger partial charge is 0.425 e. The second-order valence-corrected chi connectivity index (χ2v) is 6.56. The minimum Gasteiger partial charge on any atom is -0.425 e. The van der Waals surface area contributed by atoms with Crippen molar-refractivity contribution in [3.8, 4) is 0 Å². The quantitative estimate of drug-likeness (QED) is 0.839. The number of aromatic nitrogens is 2. The van der Waals surface area contributed by atoms with E-state index in [-0.39, 0.29) is 0 Å². The third-order valence-corrected chi connectivity index (χ3v) is 5.19. The first-order valence-electron chi connectivity index (χ1n) is 8.33. The molecule has 2 fully saturated rings. The van der Waals surface area contributed by atoms with Gasteiger partial charge in [-0.15, -0.1) is 10.2 Å². The molecular weight excluding hydrogens is 250 g/mol. The lowest BCUT2D eigenvalue weighted by molar-refractivity contribution is 0.145. The number of nitrogens with zero attached hydrogens (tertiary/aromatic N) is 2. The van der Waals surface area contributed by atoms with E-state index in [9.17, 15) is 0 Å². The summed E-state index contributed by atoms with van der Waals surface area (Å²) in [5.41, 5.74) is 0. The maximum absolute atomic E-state index is 5.90. The highest BCUT2D eigenvalue weighted by Gasteiger charge is 2.34. The van der Waals surface area contributed by atoms with Gasteiger partial charge in [-0.1, -0.05) is 25.7 Å². The molecule has 0 radical (unpaired) electrons. The SMILES string of the molecule is CNCCCc1nnc(C2CCC3CCCCC3C2)o1. The van der Waals surface area contributed by atoms with Gasteiger partial charge in [-0.05, 0) is 51.1 Å². The van der Waals surface area contributed by atoms with Crippen molar-refractivity contribution < 1.29 is 4.42 Å². The van der Waals surface area contributed by atoms with Gasteiger partial charge in [0.05, 0.1) is 0 Å². The second-order valence-electron chi connectivity index (χ2n) is 6.56. The Hall–Kier alpha value is -0.900. The van der Waals surface area contributed by atoms with Crippen LogP contribution >= 0.6 is 0 Å². The molecule has 2 aliphatic carbocycles. The maximum Gasteiger partial charge on any atom is 0.219 e. The molecule has 1 aromatic heterocycles. The Morgan fingerprint density at radius 1 is 1.10 bits per heavy atom. The molecule has 3 atom stereocenters. The zero-order chi connectivity index (χ0) is 13.8. The summed E-state index contributed by atoms with van der Waals surface area (Å²) < 4.78 is 5.90. The third kappa shape index (κ3) is 3.22. The second kappa shape index (κ2) is 6.70. The Balaban J connectivity index is 1.56. The predicted octanol–water partition coefficient (Wildman–Crippen LogP) is 3.30. The lowest BCUT2D eigenvalue weighted by Gasteiger charge is -2.38. The smallest absolute Gasteiger partial charge is 0.219 e. The molecule has 1 N–H and O–H groups in total. The van der Waals surface area contributed by atoms with Crippen LogP contribution in [0.2, 0.25) is 0 Å². The summed E-state index contributed by atoms with van der Waals surface area (Å²) in [4.78, 5) is 0. The molecule has 0 amide bonds. The van der Waals surface area contributed by atoms with E-state index in [1.54, 1.807) is 0 Å². The van der Waals surface area contributed by atoms with Gasteiger partial charge in [0.1, 0.15) is 0 Å². The van der Waals surface area contributed by atoms with Gasteiger partial charge in [-0.2, -0.15) is 0 Å². The van der Waals surface area contributed by atoms with Crippen LogP contribution in [0.3, 0.4) is 0 Å². The summed E-state index contributed by atoms with van der Waals surface area (Å²) in [6.07, 6.45) is 11.6. The number of hydrogen-bond donors (Lipinski definition) is 1. The topological polar surface area (TPSA) is 51.0 Å². The summed E-state index contributed by atoms with van der Waals surface area (Å²) >= 11 is 0. The average molecular weight is 277 g/mol. The molecule has 3 unspecified atom stereocenters. The highest BCUT2D eigenvalue weighted by Crippen LogP contribution is 2.45. The van der Waals surface area contributed by atoms with Crippen molar-refractivity contribution >= 4 is 0 Å². The molecule has 4 heteroatoms. The van der Waals surface area contributed by atoms with E-state index in [1.165, 1.54) is 44.9 Å². The number of fused-ring (bicyclic) bond motifs is 1. The summed E-state index contributed by atoms with van der Waals surface area (Å²) in [5.74, 6) is 4.16. The lowest BCUT2D eigenvalue weighted by Crippen LogP contribution is -2.26. The van der Waals surface area contributed by atoms with E-state index in [0.717, 1.165) is 43.0 Å². The first-order chi connectivity index (χ1) is 9.86. The van der Waals surface area contributed by atoms with Gasteiger partial charge in [-0.3, -0.25) is 0 Å². The van der Waals surface area contributed by atoms with Crippen molar-refractivity contribution in [1.82, 2.24) is 15.5 Å². The van der Waals surface area contributed by atoms with Crippen molar-refractivity contribution in [2.75, 3.05) is 13.6 Å². The van der Waals surface area contributed by atoms with Crippen molar-refractivity contribution in [2.45, 2.75) is 63.7 Å². The Kier molecular flexibility index (Phi) is 4.71. The Morgan fingerprint density at radius 3 is 2.80 bits per heavy atom. The van der Waals surface area contributed by atoms with Crippen LogP contribution in [0.5, 0.6) is 0 Å². The van der Waals surface area contributed by atoms with Crippen LogP contribution in [-0.2, 0) is 6.42 Å². The number of rotatable bonds is 5. The number of aryl methyl sites for hydroxylation is 1. The monoisotopic (exact) mass is 277 g/mol. The fourth-order valence-electron chi connectivity index (χ4n) is 4.05. The molecular formula is C16H27N3O. The van der Waals surface area contributed by atoms with Gasteiger partial charge in [0.25, 0.3) is 0 Å². The van der Waals surface area contributed by atoms with Crippen LogP contribution in [0.1, 0.15) is 69.1 Å². The van der Waals surface area contributed by atoms with Crippen LogP contribution in [0.25, 0.3) is 0 Å². The molecule has 112 valence electrons. The van der Waals surface area contributed by atoms with E-state index in [1.807, 2.05) is 7.05 Å². The van der Waals surface area contributed by atoms with Gasteiger partial charge in [-0.25, -0.2) is 0 Å². The van der Waals surface area contributed by atoms with Gasteiger partial charge in [0.2, 0.25) is 11.8 Å². The molecule has 3 rings (SSSR count). The van der Waals surface area contributed by atoms with Crippen molar-refractivity contribution in [1.29, 1.82) is 0 Å². The molecule has 0 spiro atoms. The van der Waals surface area contributed by atoms with Crippen LogP contribution in [-0.4, -0.2) is 23.8 Å². The number of hydrogen-bond acceptors (Lipinski definition) is 4. The van der Waals surface area contributed by atoms with E-state index < -0.39 is 0 Å². The van der Waals surface area contributed by atoms with E-state index >= 15 is 0 Å². The molecule has 2 aliphatic rings. The molecule has 0 bridgehead atoms. The fraction of sp³-hybridized carbons (Fsp3) is 0.875.